The van der Waals surface area contributed by atoms with Crippen LogP contribution in [0.1, 0.15) is 19.4 Å². The van der Waals surface area contributed by atoms with Crippen LogP contribution < -0.4 is 10.6 Å². The van der Waals surface area contributed by atoms with Crippen LogP contribution in [0.2, 0.25) is 0 Å². The minimum atomic E-state index is -0.576. The van der Waals surface area contributed by atoms with Crippen molar-refractivity contribution in [3.63, 3.8) is 0 Å². The highest BCUT2D eigenvalue weighted by Crippen LogP contribution is 2.02. The third kappa shape index (κ3) is 4.63. The van der Waals surface area contributed by atoms with E-state index in [1.54, 1.807) is 19.1 Å². The highest BCUT2D eigenvalue weighted by Gasteiger charge is 2.12. The van der Waals surface area contributed by atoms with Crippen LogP contribution in [0.4, 0.5) is 4.39 Å². The summed E-state index contributed by atoms with van der Waals surface area (Å²) in [5.74, 6) is -0.842. The second-order valence-electron chi connectivity index (χ2n) is 3.77. The maximum Gasteiger partial charge on any atom is 0.242 e. The fourth-order valence-electron chi connectivity index (χ4n) is 1.31. The van der Waals surface area contributed by atoms with Gasteiger partial charge in [-0.25, -0.2) is 4.39 Å². The Bertz CT molecular complexity index is 403. The van der Waals surface area contributed by atoms with Crippen molar-refractivity contribution in [2.24, 2.45) is 0 Å². The second-order valence-corrected chi connectivity index (χ2v) is 3.77. The number of amides is 2. The van der Waals surface area contributed by atoms with E-state index < -0.39 is 6.04 Å². The molecule has 0 aromatic heterocycles. The van der Waals surface area contributed by atoms with Gasteiger partial charge in [-0.05, 0) is 24.6 Å². The van der Waals surface area contributed by atoms with E-state index in [4.69, 9.17) is 0 Å². The number of hydrogen-bond donors (Lipinski definition) is 2. The molecule has 0 unspecified atom stereocenters. The first-order valence-corrected chi connectivity index (χ1v) is 5.28. The Labute approximate surface area is 99.2 Å². The number of rotatable bonds is 4. The number of carbonyl (C=O) groups excluding carboxylic acids is 2. The van der Waals surface area contributed by atoms with Crippen molar-refractivity contribution in [3.05, 3.63) is 35.6 Å². The van der Waals surface area contributed by atoms with Gasteiger partial charge < -0.3 is 10.6 Å². The highest BCUT2D eigenvalue weighted by molar-refractivity contribution is 5.86. The van der Waals surface area contributed by atoms with Crippen LogP contribution in [0.15, 0.2) is 24.3 Å². The van der Waals surface area contributed by atoms with Gasteiger partial charge in [-0.1, -0.05) is 12.1 Å². The van der Waals surface area contributed by atoms with E-state index in [9.17, 15) is 14.0 Å². The molecule has 2 N–H and O–H groups in total. The first-order chi connectivity index (χ1) is 7.99. The summed E-state index contributed by atoms with van der Waals surface area (Å²) in [4.78, 5) is 22.3. The van der Waals surface area contributed by atoms with E-state index in [1.807, 2.05) is 0 Å². The molecular formula is C12H15FN2O2. The van der Waals surface area contributed by atoms with Gasteiger partial charge in [0.15, 0.2) is 0 Å². The second kappa shape index (κ2) is 5.98. The number of benzene rings is 1. The van der Waals surface area contributed by atoms with Crippen molar-refractivity contribution in [3.8, 4) is 0 Å². The summed E-state index contributed by atoms with van der Waals surface area (Å²) in [6, 6.07) is 5.28. The van der Waals surface area contributed by atoms with Crippen molar-refractivity contribution in [2.75, 3.05) is 0 Å². The molecule has 1 atom stereocenters. The van der Waals surface area contributed by atoms with Gasteiger partial charge in [0.25, 0.3) is 0 Å². The summed E-state index contributed by atoms with van der Waals surface area (Å²) in [5.41, 5.74) is 0.801. The van der Waals surface area contributed by atoms with Gasteiger partial charge in [-0.2, -0.15) is 0 Å². The quantitative estimate of drug-likeness (QED) is 0.821. The Morgan fingerprint density at radius 3 is 2.41 bits per heavy atom. The smallest absolute Gasteiger partial charge is 0.242 e. The lowest BCUT2D eigenvalue weighted by atomic mass is 10.2. The minimum absolute atomic E-state index is 0.255. The molecule has 5 heteroatoms. The molecule has 0 aliphatic rings. The molecule has 0 saturated carbocycles. The van der Waals surface area contributed by atoms with Gasteiger partial charge in [0.05, 0.1) is 0 Å². The van der Waals surface area contributed by atoms with E-state index in [0.717, 1.165) is 5.56 Å². The molecule has 17 heavy (non-hydrogen) atoms. The van der Waals surface area contributed by atoms with Crippen LogP contribution in [0.5, 0.6) is 0 Å². The summed E-state index contributed by atoms with van der Waals surface area (Å²) >= 11 is 0. The molecule has 0 aliphatic carbocycles. The molecule has 1 aromatic carbocycles. The Morgan fingerprint density at radius 1 is 1.29 bits per heavy atom. The lowest BCUT2D eigenvalue weighted by Crippen LogP contribution is -2.43. The van der Waals surface area contributed by atoms with Crippen molar-refractivity contribution in [1.82, 2.24) is 10.6 Å². The largest absolute Gasteiger partial charge is 0.350 e. The summed E-state index contributed by atoms with van der Waals surface area (Å²) < 4.78 is 12.6. The monoisotopic (exact) mass is 238 g/mol. The Balaban J connectivity index is 2.42. The van der Waals surface area contributed by atoms with Crippen LogP contribution in [0, 0.1) is 5.82 Å². The third-order valence-electron chi connectivity index (χ3n) is 2.19. The predicted molar refractivity (Wildman–Crippen MR) is 61.5 cm³/mol. The van der Waals surface area contributed by atoms with E-state index in [1.165, 1.54) is 19.1 Å². The van der Waals surface area contributed by atoms with Crippen LogP contribution in [0.3, 0.4) is 0 Å². The lowest BCUT2D eigenvalue weighted by molar-refractivity contribution is -0.127. The number of nitrogens with one attached hydrogen (secondary N) is 2. The predicted octanol–water partition coefficient (Wildman–Crippen LogP) is 0.966. The van der Waals surface area contributed by atoms with Crippen molar-refractivity contribution in [2.45, 2.75) is 26.4 Å². The molecule has 1 rings (SSSR count). The van der Waals surface area contributed by atoms with Crippen LogP contribution >= 0.6 is 0 Å². The normalized spacial score (nSPS) is 11.7. The van der Waals surface area contributed by atoms with Gasteiger partial charge in [-0.15, -0.1) is 0 Å². The molecule has 0 aliphatic heterocycles. The van der Waals surface area contributed by atoms with E-state index in [2.05, 4.69) is 10.6 Å². The number of carbonyl (C=O) groups is 2. The van der Waals surface area contributed by atoms with E-state index in [-0.39, 0.29) is 17.6 Å². The molecule has 0 fully saturated rings. The third-order valence-corrected chi connectivity index (χ3v) is 2.19. The average molecular weight is 238 g/mol. The van der Waals surface area contributed by atoms with Crippen LogP contribution in [-0.2, 0) is 16.1 Å². The first-order valence-electron chi connectivity index (χ1n) is 5.28. The molecule has 0 saturated heterocycles. The van der Waals surface area contributed by atoms with Gasteiger partial charge in [0.2, 0.25) is 11.8 Å². The van der Waals surface area contributed by atoms with Gasteiger partial charge in [0, 0.05) is 13.5 Å². The van der Waals surface area contributed by atoms with Crippen molar-refractivity contribution in [1.29, 1.82) is 0 Å². The zero-order chi connectivity index (χ0) is 12.8. The highest BCUT2D eigenvalue weighted by atomic mass is 19.1. The molecular weight excluding hydrogens is 223 g/mol. The SMILES string of the molecule is CC(=O)N[C@H](C)C(=O)NCc1ccc(F)cc1. The minimum Gasteiger partial charge on any atom is -0.350 e. The summed E-state index contributed by atoms with van der Waals surface area (Å²) in [6.45, 7) is 3.26. The molecule has 1 aromatic rings. The number of hydrogen-bond acceptors (Lipinski definition) is 2. The van der Waals surface area contributed by atoms with Gasteiger partial charge in [0.1, 0.15) is 11.9 Å². The average Bonchev–Trinajstić information content (AvgIpc) is 2.27. The number of halogens is 1. The lowest BCUT2D eigenvalue weighted by Gasteiger charge is -2.12. The fraction of sp³-hybridized carbons (Fsp3) is 0.333. The zero-order valence-electron chi connectivity index (χ0n) is 9.79. The molecule has 0 heterocycles. The Hall–Kier alpha value is -1.91. The standard InChI is InChI=1S/C12H15FN2O2/c1-8(15-9(2)16)12(17)14-7-10-3-5-11(13)6-4-10/h3-6,8H,7H2,1-2H3,(H,14,17)(H,15,16)/t8-/m1/s1. The summed E-state index contributed by atoms with van der Waals surface area (Å²) in [5, 5.41) is 5.12. The fourth-order valence-corrected chi connectivity index (χ4v) is 1.31. The van der Waals surface area contributed by atoms with Gasteiger partial charge >= 0.3 is 0 Å². The summed E-state index contributed by atoms with van der Waals surface area (Å²) in [6.07, 6.45) is 0. The summed E-state index contributed by atoms with van der Waals surface area (Å²) in [7, 11) is 0. The van der Waals surface area contributed by atoms with Crippen molar-refractivity contribution < 1.29 is 14.0 Å². The Morgan fingerprint density at radius 2 is 1.88 bits per heavy atom. The molecule has 0 radical (unpaired) electrons. The Kier molecular flexibility index (Phi) is 4.63. The van der Waals surface area contributed by atoms with Crippen molar-refractivity contribution >= 4 is 11.8 Å². The van der Waals surface area contributed by atoms with Crippen LogP contribution in [0.25, 0.3) is 0 Å². The molecule has 0 spiro atoms. The first kappa shape index (κ1) is 13.2. The van der Waals surface area contributed by atoms with Gasteiger partial charge in [-0.3, -0.25) is 9.59 Å². The molecule has 0 bridgehead atoms. The molecule has 2 amide bonds. The molecule has 4 nitrogen and oxygen atoms in total. The topological polar surface area (TPSA) is 58.2 Å². The van der Waals surface area contributed by atoms with E-state index in [0.29, 0.717) is 6.54 Å². The zero-order valence-corrected chi connectivity index (χ0v) is 9.79. The van der Waals surface area contributed by atoms with Crippen LogP contribution in [-0.4, -0.2) is 17.9 Å². The molecule has 92 valence electrons. The maximum atomic E-state index is 12.6. The van der Waals surface area contributed by atoms with E-state index >= 15 is 0 Å². The maximum absolute atomic E-state index is 12.6.